The van der Waals surface area contributed by atoms with Crippen molar-refractivity contribution in [3.63, 3.8) is 0 Å². The summed E-state index contributed by atoms with van der Waals surface area (Å²) >= 11 is 4.62. The van der Waals surface area contributed by atoms with Crippen LogP contribution in [0.2, 0.25) is 0 Å². The highest BCUT2D eigenvalue weighted by Gasteiger charge is 2.33. The van der Waals surface area contributed by atoms with Crippen LogP contribution in [0.1, 0.15) is 31.0 Å². The first-order chi connectivity index (χ1) is 16.7. The van der Waals surface area contributed by atoms with Crippen molar-refractivity contribution in [2.45, 2.75) is 19.9 Å². The number of aromatic nitrogens is 1. The van der Waals surface area contributed by atoms with Crippen molar-refractivity contribution in [2.75, 3.05) is 13.7 Å². The number of non-ortho nitro benzene ring substituents is 1. The lowest BCUT2D eigenvalue weighted by Crippen LogP contribution is -2.39. The molecule has 1 atom stereocenters. The number of methoxy groups -OCH3 is 1. The number of nitrogens with zero attached hydrogens (tertiary/aromatic N) is 3. The van der Waals surface area contributed by atoms with E-state index in [1.165, 1.54) is 16.7 Å². The van der Waals surface area contributed by atoms with Crippen molar-refractivity contribution >= 4 is 45.0 Å². The van der Waals surface area contributed by atoms with Crippen molar-refractivity contribution in [3.8, 4) is 5.75 Å². The van der Waals surface area contributed by atoms with Crippen LogP contribution in [-0.4, -0.2) is 29.2 Å². The number of rotatable bonds is 6. The second-order valence-corrected chi connectivity index (χ2v) is 9.41. The van der Waals surface area contributed by atoms with Crippen LogP contribution in [-0.2, 0) is 9.53 Å². The highest BCUT2D eigenvalue weighted by molar-refractivity contribution is 9.10. The molecule has 0 aliphatic carbocycles. The first-order valence-corrected chi connectivity index (χ1v) is 12.1. The number of esters is 1. The van der Waals surface area contributed by atoms with Gasteiger partial charge in [0.25, 0.3) is 11.2 Å². The van der Waals surface area contributed by atoms with E-state index < -0.39 is 16.9 Å². The van der Waals surface area contributed by atoms with Gasteiger partial charge in [0.05, 0.1) is 45.0 Å². The van der Waals surface area contributed by atoms with Gasteiger partial charge in [-0.15, -0.1) is 0 Å². The number of nitro benzene ring substituents is 1. The predicted octanol–water partition coefficient (Wildman–Crippen LogP) is 3.48. The summed E-state index contributed by atoms with van der Waals surface area (Å²) in [6, 6.07) is 10.6. The van der Waals surface area contributed by atoms with Gasteiger partial charge in [0.15, 0.2) is 4.80 Å². The third kappa shape index (κ3) is 4.69. The zero-order valence-corrected chi connectivity index (χ0v) is 21.4. The van der Waals surface area contributed by atoms with E-state index in [0.717, 1.165) is 11.3 Å². The van der Waals surface area contributed by atoms with Gasteiger partial charge >= 0.3 is 5.97 Å². The van der Waals surface area contributed by atoms with Crippen molar-refractivity contribution in [1.82, 2.24) is 4.57 Å². The molecule has 3 aromatic rings. The fraction of sp³-hybridized carbons (Fsp3) is 0.208. The Morgan fingerprint density at radius 2 is 2.09 bits per heavy atom. The monoisotopic (exact) mass is 557 g/mol. The molecule has 0 saturated heterocycles. The van der Waals surface area contributed by atoms with Crippen LogP contribution in [0.5, 0.6) is 5.75 Å². The van der Waals surface area contributed by atoms with Gasteiger partial charge in [0, 0.05) is 12.1 Å². The molecule has 0 spiro atoms. The van der Waals surface area contributed by atoms with E-state index in [1.54, 1.807) is 57.4 Å². The molecule has 0 radical (unpaired) electrons. The molecule has 11 heteroatoms. The number of fused-ring (bicyclic) bond motifs is 1. The first-order valence-electron chi connectivity index (χ1n) is 10.5. The van der Waals surface area contributed by atoms with Crippen LogP contribution in [0.25, 0.3) is 6.08 Å². The summed E-state index contributed by atoms with van der Waals surface area (Å²) < 4.78 is 13.1. The van der Waals surface area contributed by atoms with Gasteiger partial charge in [-0.2, -0.15) is 0 Å². The lowest BCUT2D eigenvalue weighted by atomic mass is 9.96. The highest BCUT2D eigenvalue weighted by Crippen LogP contribution is 2.35. The molecule has 9 nitrogen and oxygen atoms in total. The number of nitro groups is 1. The number of allylic oxidation sites excluding steroid dienone is 1. The Kier molecular flexibility index (Phi) is 6.99. The van der Waals surface area contributed by atoms with E-state index in [1.807, 2.05) is 0 Å². The Morgan fingerprint density at radius 3 is 2.74 bits per heavy atom. The molecular weight excluding hydrogens is 538 g/mol. The Hall–Kier alpha value is -3.57. The normalized spacial score (nSPS) is 15.4. The average Bonchev–Trinajstić information content (AvgIpc) is 3.12. The number of benzene rings is 2. The molecule has 0 bridgehead atoms. The summed E-state index contributed by atoms with van der Waals surface area (Å²) in [7, 11) is 1.55. The molecule has 1 aromatic heterocycles. The maximum atomic E-state index is 13.6. The molecule has 0 saturated carbocycles. The fourth-order valence-corrected chi connectivity index (χ4v) is 5.44. The third-order valence-corrected chi connectivity index (χ3v) is 6.99. The second kappa shape index (κ2) is 9.96. The van der Waals surface area contributed by atoms with Crippen LogP contribution in [0.4, 0.5) is 5.69 Å². The van der Waals surface area contributed by atoms with E-state index in [2.05, 4.69) is 20.9 Å². The van der Waals surface area contributed by atoms with E-state index in [-0.39, 0.29) is 23.4 Å². The molecule has 35 heavy (non-hydrogen) atoms. The summed E-state index contributed by atoms with van der Waals surface area (Å²) in [6.07, 6.45) is 1.58. The first kappa shape index (κ1) is 24.6. The molecule has 180 valence electrons. The van der Waals surface area contributed by atoms with Gasteiger partial charge in [-0.05, 0) is 59.1 Å². The zero-order chi connectivity index (χ0) is 25.3. The van der Waals surface area contributed by atoms with E-state index in [0.29, 0.717) is 36.4 Å². The molecule has 0 fully saturated rings. The van der Waals surface area contributed by atoms with Crippen molar-refractivity contribution in [1.29, 1.82) is 0 Å². The number of ether oxygens (including phenoxy) is 2. The number of carbonyl (C=O) groups is 1. The molecule has 2 aromatic carbocycles. The van der Waals surface area contributed by atoms with Crippen LogP contribution >= 0.6 is 27.3 Å². The molecule has 0 unspecified atom stereocenters. The summed E-state index contributed by atoms with van der Waals surface area (Å²) in [5, 5.41) is 11.1. The summed E-state index contributed by atoms with van der Waals surface area (Å²) in [6.45, 7) is 3.59. The molecule has 0 amide bonds. The molecule has 4 rings (SSSR count). The minimum absolute atomic E-state index is 0.0760. The van der Waals surface area contributed by atoms with Gasteiger partial charge in [0.2, 0.25) is 0 Å². The number of hydrogen-bond donors (Lipinski definition) is 0. The average molecular weight is 558 g/mol. The lowest BCUT2D eigenvalue weighted by Gasteiger charge is -2.25. The van der Waals surface area contributed by atoms with Crippen molar-refractivity contribution in [3.05, 3.63) is 99.1 Å². The Bertz CT molecular complexity index is 1560. The largest absolute Gasteiger partial charge is 0.496 e. The zero-order valence-electron chi connectivity index (χ0n) is 19.0. The quantitative estimate of drug-likeness (QED) is 0.260. The number of hydrogen-bond acceptors (Lipinski definition) is 8. The van der Waals surface area contributed by atoms with E-state index >= 15 is 0 Å². The topological polar surface area (TPSA) is 113 Å². The number of carbonyl (C=O) groups excluding carboxylic acids is 1. The molecule has 2 heterocycles. The standard InChI is InChI=1S/C24H20BrN3O6S/c1-4-34-23(30)20-13(2)26-24-27(21(20)15-8-9-18(33-3)17(25)12-15)22(29)19(35-24)11-14-6-5-7-16(10-14)28(31)32/h5-12,21H,4H2,1-3H3/b19-11+/t21-/m0/s1. The van der Waals surface area contributed by atoms with Crippen LogP contribution in [0.15, 0.2) is 68.0 Å². The lowest BCUT2D eigenvalue weighted by molar-refractivity contribution is -0.384. The Balaban J connectivity index is 1.95. The van der Waals surface area contributed by atoms with Gasteiger partial charge in [-0.3, -0.25) is 19.5 Å². The molecule has 1 aliphatic heterocycles. The van der Waals surface area contributed by atoms with Gasteiger partial charge in [-0.1, -0.05) is 29.5 Å². The van der Waals surface area contributed by atoms with E-state index in [9.17, 15) is 19.7 Å². The molecule has 0 N–H and O–H groups in total. The van der Waals surface area contributed by atoms with Crippen LogP contribution < -0.4 is 19.6 Å². The summed E-state index contributed by atoms with van der Waals surface area (Å²) in [4.78, 5) is 42.2. The number of halogens is 1. The molecule has 1 aliphatic rings. The van der Waals surface area contributed by atoms with E-state index in [4.69, 9.17) is 9.47 Å². The van der Waals surface area contributed by atoms with Gasteiger partial charge in [0.1, 0.15) is 5.75 Å². The van der Waals surface area contributed by atoms with Crippen molar-refractivity contribution < 1.29 is 19.2 Å². The van der Waals surface area contributed by atoms with Gasteiger partial charge in [-0.25, -0.2) is 9.79 Å². The highest BCUT2D eigenvalue weighted by atomic mass is 79.9. The SMILES string of the molecule is CCOC(=O)C1=C(C)N=c2s/c(=C/c3cccc([N+](=O)[O-])c3)c(=O)n2[C@H]1c1ccc(OC)c(Br)c1. The van der Waals surface area contributed by atoms with Crippen molar-refractivity contribution in [2.24, 2.45) is 4.99 Å². The van der Waals surface area contributed by atoms with Crippen LogP contribution in [0, 0.1) is 10.1 Å². The Morgan fingerprint density at radius 1 is 1.31 bits per heavy atom. The fourth-order valence-electron chi connectivity index (χ4n) is 3.84. The minimum atomic E-state index is -0.778. The number of thiazole rings is 1. The smallest absolute Gasteiger partial charge is 0.338 e. The Labute approximate surface area is 211 Å². The maximum Gasteiger partial charge on any atom is 0.338 e. The third-order valence-electron chi connectivity index (χ3n) is 5.39. The van der Waals surface area contributed by atoms with Crippen LogP contribution in [0.3, 0.4) is 0 Å². The second-order valence-electron chi connectivity index (χ2n) is 7.55. The maximum absolute atomic E-state index is 13.6. The van der Waals surface area contributed by atoms with Gasteiger partial charge < -0.3 is 9.47 Å². The minimum Gasteiger partial charge on any atom is -0.496 e. The predicted molar refractivity (Wildman–Crippen MR) is 134 cm³/mol. The molecular formula is C24H20BrN3O6S. The summed E-state index contributed by atoms with van der Waals surface area (Å²) in [5.74, 6) is 0.0453. The summed E-state index contributed by atoms with van der Waals surface area (Å²) in [5.41, 5.74) is 1.44.